The zero-order valence-corrected chi connectivity index (χ0v) is 12.8. The molecule has 1 aliphatic heterocycles. The highest BCUT2D eigenvalue weighted by Gasteiger charge is 2.29. The smallest absolute Gasteiger partial charge is 0.240 e. The summed E-state index contributed by atoms with van der Waals surface area (Å²) in [5, 5.41) is 9.13. The van der Waals surface area contributed by atoms with E-state index in [1.165, 1.54) is 0 Å². The van der Waals surface area contributed by atoms with Gasteiger partial charge in [-0.1, -0.05) is 25.9 Å². The lowest BCUT2D eigenvalue weighted by Crippen LogP contribution is -2.22. The van der Waals surface area contributed by atoms with E-state index >= 15 is 0 Å². The van der Waals surface area contributed by atoms with E-state index < -0.39 is 0 Å². The Labute approximate surface area is 117 Å². The van der Waals surface area contributed by atoms with E-state index in [1.807, 2.05) is 23.5 Å². The number of hydrogen-bond donors (Lipinski definition) is 1. The van der Waals surface area contributed by atoms with Crippen molar-refractivity contribution in [1.29, 1.82) is 0 Å². The van der Waals surface area contributed by atoms with E-state index in [2.05, 4.69) is 36.2 Å². The van der Waals surface area contributed by atoms with Crippen molar-refractivity contribution in [3.63, 3.8) is 0 Å². The van der Waals surface area contributed by atoms with E-state index in [4.69, 9.17) is 4.52 Å². The number of aromatic nitrogens is 2. The summed E-state index contributed by atoms with van der Waals surface area (Å²) in [4.78, 5) is 4.49. The van der Waals surface area contributed by atoms with Crippen molar-refractivity contribution in [3.8, 4) is 0 Å². The van der Waals surface area contributed by atoms with E-state index in [0.29, 0.717) is 28.2 Å². The predicted molar refractivity (Wildman–Crippen MR) is 78.0 cm³/mol. The van der Waals surface area contributed by atoms with Gasteiger partial charge in [-0.15, -0.1) is 11.8 Å². The SMILES string of the molecule is CCCNCc1nc(C2CSC(C)C(C)S2)no1. The molecule has 1 aromatic heterocycles. The molecule has 3 unspecified atom stereocenters. The summed E-state index contributed by atoms with van der Waals surface area (Å²) in [6, 6.07) is 0. The molecule has 3 atom stereocenters. The molecule has 102 valence electrons. The summed E-state index contributed by atoms with van der Waals surface area (Å²) in [6.45, 7) is 8.37. The second-order valence-electron chi connectivity index (χ2n) is 4.59. The molecule has 1 saturated heterocycles. The first-order chi connectivity index (χ1) is 8.70. The molecule has 0 saturated carbocycles. The molecule has 18 heavy (non-hydrogen) atoms. The molecule has 0 aliphatic carbocycles. The van der Waals surface area contributed by atoms with Crippen LogP contribution in [0.2, 0.25) is 0 Å². The molecule has 4 nitrogen and oxygen atoms in total. The molecular weight excluding hydrogens is 266 g/mol. The van der Waals surface area contributed by atoms with Crippen molar-refractivity contribution in [2.75, 3.05) is 12.3 Å². The molecule has 0 aromatic carbocycles. The van der Waals surface area contributed by atoms with Crippen LogP contribution in [0.3, 0.4) is 0 Å². The Bertz CT molecular complexity index is 372. The van der Waals surface area contributed by atoms with Crippen LogP contribution in [0.15, 0.2) is 4.52 Å². The van der Waals surface area contributed by atoms with Crippen molar-refractivity contribution in [2.45, 2.75) is 49.5 Å². The predicted octanol–water partition coefficient (Wildman–Crippen LogP) is 2.87. The van der Waals surface area contributed by atoms with Crippen LogP contribution in [0.5, 0.6) is 0 Å². The van der Waals surface area contributed by atoms with Crippen LogP contribution in [0.25, 0.3) is 0 Å². The fraction of sp³-hybridized carbons (Fsp3) is 0.833. The Morgan fingerprint density at radius 1 is 1.39 bits per heavy atom. The van der Waals surface area contributed by atoms with Gasteiger partial charge in [0, 0.05) is 16.3 Å². The molecule has 0 spiro atoms. The summed E-state index contributed by atoms with van der Waals surface area (Å²) in [6.07, 6.45) is 1.12. The zero-order chi connectivity index (χ0) is 13.0. The third-order valence-electron chi connectivity index (χ3n) is 3.03. The van der Waals surface area contributed by atoms with Crippen molar-refractivity contribution < 1.29 is 4.52 Å². The van der Waals surface area contributed by atoms with Gasteiger partial charge in [0.25, 0.3) is 0 Å². The quantitative estimate of drug-likeness (QED) is 0.840. The molecule has 1 N–H and O–H groups in total. The Morgan fingerprint density at radius 3 is 2.94 bits per heavy atom. The van der Waals surface area contributed by atoms with Gasteiger partial charge in [-0.3, -0.25) is 0 Å². The fourth-order valence-corrected chi connectivity index (χ4v) is 4.60. The minimum atomic E-state index is 0.380. The fourth-order valence-electron chi connectivity index (χ4n) is 1.76. The lowest BCUT2D eigenvalue weighted by atomic mass is 10.3. The van der Waals surface area contributed by atoms with E-state index in [0.717, 1.165) is 24.5 Å². The second kappa shape index (κ2) is 6.82. The molecular formula is C12H21N3OS2. The van der Waals surface area contributed by atoms with Crippen LogP contribution < -0.4 is 5.32 Å². The normalized spacial score (nSPS) is 28.5. The minimum absolute atomic E-state index is 0.380. The highest BCUT2D eigenvalue weighted by Crippen LogP contribution is 2.43. The first-order valence-electron chi connectivity index (χ1n) is 6.51. The summed E-state index contributed by atoms with van der Waals surface area (Å²) < 4.78 is 5.28. The van der Waals surface area contributed by atoms with Gasteiger partial charge in [0.2, 0.25) is 5.89 Å². The minimum Gasteiger partial charge on any atom is -0.338 e. The molecule has 1 fully saturated rings. The van der Waals surface area contributed by atoms with Gasteiger partial charge in [-0.2, -0.15) is 16.7 Å². The summed E-state index contributed by atoms with van der Waals surface area (Å²) >= 11 is 3.96. The average molecular weight is 287 g/mol. The molecule has 1 aromatic rings. The highest BCUT2D eigenvalue weighted by molar-refractivity contribution is 8.07. The maximum absolute atomic E-state index is 5.28. The third kappa shape index (κ3) is 3.65. The van der Waals surface area contributed by atoms with Crippen LogP contribution in [0.1, 0.15) is 44.2 Å². The van der Waals surface area contributed by atoms with Crippen LogP contribution in [-0.4, -0.2) is 32.9 Å². The van der Waals surface area contributed by atoms with Crippen molar-refractivity contribution in [2.24, 2.45) is 0 Å². The first kappa shape index (κ1) is 14.2. The molecule has 0 radical (unpaired) electrons. The number of nitrogens with one attached hydrogen (secondary N) is 1. The van der Waals surface area contributed by atoms with Gasteiger partial charge in [0.05, 0.1) is 11.8 Å². The van der Waals surface area contributed by atoms with Crippen LogP contribution in [0.4, 0.5) is 0 Å². The molecule has 2 heterocycles. The maximum atomic E-state index is 5.28. The van der Waals surface area contributed by atoms with E-state index in [-0.39, 0.29) is 0 Å². The van der Waals surface area contributed by atoms with Crippen LogP contribution >= 0.6 is 23.5 Å². The maximum Gasteiger partial charge on any atom is 0.240 e. The monoisotopic (exact) mass is 287 g/mol. The van der Waals surface area contributed by atoms with Crippen molar-refractivity contribution >= 4 is 23.5 Å². The third-order valence-corrected chi connectivity index (χ3v) is 6.41. The largest absolute Gasteiger partial charge is 0.338 e. The number of thioether (sulfide) groups is 2. The molecule has 1 aliphatic rings. The molecule has 0 bridgehead atoms. The van der Waals surface area contributed by atoms with Gasteiger partial charge in [-0.05, 0) is 13.0 Å². The van der Waals surface area contributed by atoms with E-state index in [1.54, 1.807) is 0 Å². The Morgan fingerprint density at radius 2 is 2.22 bits per heavy atom. The van der Waals surface area contributed by atoms with E-state index in [9.17, 15) is 0 Å². The summed E-state index contributed by atoms with van der Waals surface area (Å²) in [5.41, 5.74) is 0. The molecule has 0 amide bonds. The Kier molecular flexibility index (Phi) is 5.38. The first-order valence-corrected chi connectivity index (χ1v) is 8.50. The van der Waals surface area contributed by atoms with Gasteiger partial charge in [0.15, 0.2) is 5.82 Å². The Balaban J connectivity index is 1.89. The standard InChI is InChI=1S/C12H21N3OS2/c1-4-5-13-6-11-14-12(15-16-11)10-7-17-8(2)9(3)18-10/h8-10,13H,4-7H2,1-3H3. The average Bonchev–Trinajstić information content (AvgIpc) is 2.82. The van der Waals surface area contributed by atoms with Gasteiger partial charge in [-0.25, -0.2) is 0 Å². The topological polar surface area (TPSA) is 51.0 Å². The highest BCUT2D eigenvalue weighted by atomic mass is 32.2. The Hall–Kier alpha value is -0.200. The van der Waals surface area contributed by atoms with Crippen LogP contribution in [-0.2, 0) is 6.54 Å². The van der Waals surface area contributed by atoms with Gasteiger partial charge < -0.3 is 9.84 Å². The van der Waals surface area contributed by atoms with Gasteiger partial charge >= 0.3 is 0 Å². The molecule has 2 rings (SSSR count). The van der Waals surface area contributed by atoms with Crippen molar-refractivity contribution in [3.05, 3.63) is 11.7 Å². The van der Waals surface area contributed by atoms with Crippen molar-refractivity contribution in [1.82, 2.24) is 15.5 Å². The lowest BCUT2D eigenvalue weighted by Gasteiger charge is -2.29. The zero-order valence-electron chi connectivity index (χ0n) is 11.2. The number of rotatable bonds is 5. The van der Waals surface area contributed by atoms with Gasteiger partial charge in [0.1, 0.15) is 0 Å². The number of hydrogen-bond acceptors (Lipinski definition) is 6. The van der Waals surface area contributed by atoms with Crippen LogP contribution in [0, 0.1) is 0 Å². The lowest BCUT2D eigenvalue weighted by molar-refractivity contribution is 0.363. The number of nitrogens with zero attached hydrogens (tertiary/aromatic N) is 2. The molecule has 6 heteroatoms. The summed E-state index contributed by atoms with van der Waals surface area (Å²) in [5.74, 6) is 2.65. The summed E-state index contributed by atoms with van der Waals surface area (Å²) in [7, 11) is 0. The second-order valence-corrected chi connectivity index (χ2v) is 7.59.